The zero-order chi connectivity index (χ0) is 16.1. The van der Waals surface area contributed by atoms with Gasteiger partial charge >= 0.3 is 0 Å². The van der Waals surface area contributed by atoms with Crippen LogP contribution in [-0.4, -0.2) is 29.3 Å². The summed E-state index contributed by atoms with van der Waals surface area (Å²) in [5.41, 5.74) is 3.70. The lowest BCUT2D eigenvalue weighted by Crippen LogP contribution is -2.08. The van der Waals surface area contributed by atoms with Crippen LogP contribution in [0.1, 0.15) is 17.0 Å². The molecule has 5 heteroatoms. The van der Waals surface area contributed by atoms with E-state index in [1.54, 1.807) is 11.8 Å². The Morgan fingerprint density at radius 1 is 0.957 bits per heavy atom. The van der Waals surface area contributed by atoms with Gasteiger partial charge in [-0.25, -0.2) is 4.98 Å². The fraction of sp³-hybridized carbons (Fsp3) is 0.222. The van der Waals surface area contributed by atoms with Gasteiger partial charge in [0.05, 0.1) is 0 Å². The van der Waals surface area contributed by atoms with E-state index in [2.05, 4.69) is 68.6 Å². The minimum absolute atomic E-state index is 0.746. The van der Waals surface area contributed by atoms with E-state index in [0.717, 1.165) is 23.2 Å². The third-order valence-corrected chi connectivity index (χ3v) is 4.48. The highest BCUT2D eigenvalue weighted by molar-refractivity contribution is 7.98. The molecule has 0 aliphatic heterocycles. The Morgan fingerprint density at radius 3 is 2.39 bits per heavy atom. The van der Waals surface area contributed by atoms with Crippen molar-refractivity contribution in [3.8, 4) is 0 Å². The maximum absolute atomic E-state index is 4.56. The van der Waals surface area contributed by atoms with Crippen molar-refractivity contribution in [3.05, 3.63) is 71.5 Å². The van der Waals surface area contributed by atoms with Crippen LogP contribution in [0.3, 0.4) is 0 Å². The Labute approximate surface area is 141 Å². The highest BCUT2D eigenvalue weighted by Gasteiger charge is 2.06. The van der Waals surface area contributed by atoms with Crippen LogP contribution >= 0.6 is 11.8 Å². The molecule has 118 valence electrons. The standard InChI is InChI=1S/C18H20N4S/c1-22(2)16-10-8-14(9-11-16)12-17-19-18(21-20-17)23-13-15-6-4-3-5-7-15/h3-11H,12-13H2,1-2H3,(H,19,20,21). The van der Waals surface area contributed by atoms with E-state index in [9.17, 15) is 0 Å². The summed E-state index contributed by atoms with van der Waals surface area (Å²) < 4.78 is 0. The van der Waals surface area contributed by atoms with Crippen molar-refractivity contribution in [2.75, 3.05) is 19.0 Å². The summed E-state index contributed by atoms with van der Waals surface area (Å²) in [6.07, 6.45) is 0.746. The number of rotatable bonds is 6. The maximum Gasteiger partial charge on any atom is 0.184 e. The molecule has 0 amide bonds. The van der Waals surface area contributed by atoms with Gasteiger partial charge in [-0.1, -0.05) is 54.2 Å². The van der Waals surface area contributed by atoms with Crippen LogP contribution in [0.25, 0.3) is 0 Å². The van der Waals surface area contributed by atoms with Crippen molar-refractivity contribution in [1.29, 1.82) is 0 Å². The Morgan fingerprint density at radius 2 is 1.70 bits per heavy atom. The van der Waals surface area contributed by atoms with E-state index in [0.29, 0.717) is 0 Å². The number of anilines is 1. The number of nitrogens with one attached hydrogen (secondary N) is 1. The van der Waals surface area contributed by atoms with Gasteiger partial charge < -0.3 is 4.90 Å². The molecule has 2 aromatic carbocycles. The van der Waals surface area contributed by atoms with Crippen molar-refractivity contribution in [2.45, 2.75) is 17.3 Å². The van der Waals surface area contributed by atoms with Gasteiger partial charge in [0.2, 0.25) is 0 Å². The summed E-state index contributed by atoms with van der Waals surface area (Å²) in [5, 5.41) is 8.20. The zero-order valence-corrected chi connectivity index (χ0v) is 14.2. The van der Waals surface area contributed by atoms with Crippen LogP contribution in [0.15, 0.2) is 59.8 Å². The van der Waals surface area contributed by atoms with Crippen LogP contribution in [0, 0.1) is 0 Å². The summed E-state index contributed by atoms with van der Waals surface area (Å²) in [6, 6.07) is 18.9. The summed E-state index contributed by atoms with van der Waals surface area (Å²) >= 11 is 1.68. The van der Waals surface area contributed by atoms with Crippen LogP contribution in [0.5, 0.6) is 0 Å². The first kappa shape index (κ1) is 15.6. The Bertz CT molecular complexity index is 735. The molecule has 0 bridgehead atoms. The van der Waals surface area contributed by atoms with Gasteiger partial charge in [-0.05, 0) is 23.3 Å². The maximum atomic E-state index is 4.56. The minimum atomic E-state index is 0.746. The second kappa shape index (κ2) is 7.33. The SMILES string of the molecule is CN(C)c1ccc(Cc2n[nH]c(SCc3ccccc3)n2)cc1. The highest BCUT2D eigenvalue weighted by Crippen LogP contribution is 2.20. The average molecular weight is 324 g/mol. The van der Waals surface area contributed by atoms with Gasteiger partial charge in [-0.2, -0.15) is 5.10 Å². The Kier molecular flexibility index (Phi) is 4.98. The van der Waals surface area contributed by atoms with Gasteiger partial charge in [0.15, 0.2) is 11.0 Å². The molecule has 3 rings (SSSR count). The average Bonchev–Trinajstić information content (AvgIpc) is 3.02. The molecule has 0 saturated heterocycles. The van der Waals surface area contributed by atoms with Gasteiger partial charge in [-0.3, -0.25) is 5.10 Å². The molecule has 4 nitrogen and oxygen atoms in total. The summed E-state index contributed by atoms with van der Waals surface area (Å²) in [6.45, 7) is 0. The molecule has 0 aliphatic rings. The number of hydrogen-bond acceptors (Lipinski definition) is 4. The third kappa shape index (κ3) is 4.36. The topological polar surface area (TPSA) is 44.8 Å². The second-order valence-electron chi connectivity index (χ2n) is 5.57. The van der Waals surface area contributed by atoms with Gasteiger partial charge in [0.25, 0.3) is 0 Å². The van der Waals surface area contributed by atoms with Crippen molar-refractivity contribution in [3.63, 3.8) is 0 Å². The molecule has 0 aliphatic carbocycles. The molecule has 23 heavy (non-hydrogen) atoms. The second-order valence-corrected chi connectivity index (χ2v) is 6.53. The molecule has 0 radical (unpaired) electrons. The number of hydrogen-bond donors (Lipinski definition) is 1. The molecule has 0 unspecified atom stereocenters. The van der Waals surface area contributed by atoms with E-state index in [-0.39, 0.29) is 0 Å². The predicted octanol–water partition coefficient (Wildman–Crippen LogP) is 3.75. The molecular formula is C18H20N4S. The number of nitrogens with zero attached hydrogens (tertiary/aromatic N) is 3. The van der Waals surface area contributed by atoms with Crippen molar-refractivity contribution >= 4 is 17.4 Å². The van der Waals surface area contributed by atoms with Crippen LogP contribution in [0.2, 0.25) is 0 Å². The van der Waals surface area contributed by atoms with Crippen molar-refractivity contribution in [2.24, 2.45) is 0 Å². The van der Waals surface area contributed by atoms with Crippen LogP contribution in [-0.2, 0) is 12.2 Å². The lowest BCUT2D eigenvalue weighted by atomic mass is 10.1. The predicted molar refractivity (Wildman–Crippen MR) is 96.0 cm³/mol. The van der Waals surface area contributed by atoms with Crippen molar-refractivity contribution < 1.29 is 0 Å². The Hall–Kier alpha value is -2.27. The van der Waals surface area contributed by atoms with Crippen LogP contribution in [0.4, 0.5) is 5.69 Å². The molecule has 1 heterocycles. The molecule has 1 aromatic heterocycles. The minimum Gasteiger partial charge on any atom is -0.378 e. The molecule has 0 spiro atoms. The molecule has 0 fully saturated rings. The summed E-state index contributed by atoms with van der Waals surface area (Å²) in [4.78, 5) is 6.66. The fourth-order valence-corrected chi connectivity index (χ4v) is 3.02. The highest BCUT2D eigenvalue weighted by atomic mass is 32.2. The van der Waals surface area contributed by atoms with Gasteiger partial charge in [0.1, 0.15) is 0 Å². The first-order valence-electron chi connectivity index (χ1n) is 7.55. The molecule has 3 aromatic rings. The van der Waals surface area contributed by atoms with Gasteiger partial charge in [-0.15, -0.1) is 0 Å². The van der Waals surface area contributed by atoms with E-state index in [4.69, 9.17) is 0 Å². The van der Waals surface area contributed by atoms with E-state index in [1.165, 1.54) is 16.8 Å². The first-order chi connectivity index (χ1) is 11.2. The molecular weight excluding hydrogens is 304 g/mol. The normalized spacial score (nSPS) is 10.7. The lowest BCUT2D eigenvalue weighted by Gasteiger charge is -2.12. The quantitative estimate of drug-likeness (QED) is 0.701. The lowest BCUT2D eigenvalue weighted by molar-refractivity contribution is 0.956. The first-order valence-corrected chi connectivity index (χ1v) is 8.53. The number of aromatic amines is 1. The number of thioether (sulfide) groups is 1. The molecule has 0 atom stereocenters. The van der Waals surface area contributed by atoms with Crippen molar-refractivity contribution in [1.82, 2.24) is 15.2 Å². The third-order valence-electron chi connectivity index (χ3n) is 3.54. The zero-order valence-electron chi connectivity index (χ0n) is 13.4. The van der Waals surface area contributed by atoms with E-state index >= 15 is 0 Å². The molecule has 1 N–H and O–H groups in total. The van der Waals surface area contributed by atoms with E-state index in [1.807, 2.05) is 20.2 Å². The van der Waals surface area contributed by atoms with E-state index < -0.39 is 0 Å². The largest absolute Gasteiger partial charge is 0.378 e. The molecule has 0 saturated carbocycles. The smallest absolute Gasteiger partial charge is 0.184 e. The monoisotopic (exact) mass is 324 g/mol. The van der Waals surface area contributed by atoms with Gasteiger partial charge in [0, 0.05) is 32.0 Å². The van der Waals surface area contributed by atoms with Crippen LogP contribution < -0.4 is 4.90 Å². The fourth-order valence-electron chi connectivity index (χ4n) is 2.24. The number of H-pyrrole nitrogens is 1. The number of aromatic nitrogens is 3. The summed E-state index contributed by atoms with van der Waals surface area (Å²) in [5.74, 6) is 1.73. The Balaban J connectivity index is 1.58. The number of benzene rings is 2. The summed E-state index contributed by atoms with van der Waals surface area (Å²) in [7, 11) is 4.08.